The highest BCUT2D eigenvalue weighted by Gasteiger charge is 2.20. The van der Waals surface area contributed by atoms with Crippen molar-refractivity contribution >= 4 is 11.9 Å². The normalized spacial score (nSPS) is 15.3. The van der Waals surface area contributed by atoms with E-state index in [0.717, 1.165) is 42.8 Å². The van der Waals surface area contributed by atoms with Gasteiger partial charge in [-0.25, -0.2) is 4.79 Å². The molecule has 1 aliphatic heterocycles. The van der Waals surface area contributed by atoms with Gasteiger partial charge in [-0.2, -0.15) is 0 Å². The molecule has 0 saturated carbocycles. The van der Waals surface area contributed by atoms with E-state index in [4.69, 9.17) is 4.74 Å². The topological polar surface area (TPSA) is 62.4 Å². The molecule has 1 aromatic rings. The molecule has 0 unspecified atom stereocenters. The minimum absolute atomic E-state index is 0.226. The number of carbonyl (C=O) groups excluding carboxylic acids is 2. The summed E-state index contributed by atoms with van der Waals surface area (Å²) >= 11 is 0. The number of hydrogen-bond donors (Lipinski definition) is 1. The van der Waals surface area contributed by atoms with Gasteiger partial charge in [-0.15, -0.1) is 0 Å². The van der Waals surface area contributed by atoms with Gasteiger partial charge in [0, 0.05) is 25.2 Å². The van der Waals surface area contributed by atoms with Crippen molar-refractivity contribution in [3.63, 3.8) is 0 Å². The van der Waals surface area contributed by atoms with Gasteiger partial charge in [0.1, 0.15) is 5.69 Å². The third-order valence-electron chi connectivity index (χ3n) is 4.62. The lowest BCUT2D eigenvalue weighted by Gasteiger charge is -2.20. The van der Waals surface area contributed by atoms with Crippen LogP contribution in [0.3, 0.4) is 0 Å². The standard InChI is InChI=1S/C18H28N2O3/c1-4-23-18(22)17-13(2)15(14(3)19-17)9-10-16(21)20-11-7-5-6-8-12-20/h19H,4-12H2,1-3H3. The number of likely N-dealkylation sites (tertiary alicyclic amines) is 1. The van der Waals surface area contributed by atoms with Crippen molar-refractivity contribution in [2.75, 3.05) is 19.7 Å². The summed E-state index contributed by atoms with van der Waals surface area (Å²) < 4.78 is 5.07. The van der Waals surface area contributed by atoms with Crippen LogP contribution in [0.5, 0.6) is 0 Å². The molecule has 2 heterocycles. The van der Waals surface area contributed by atoms with Crippen molar-refractivity contribution in [1.29, 1.82) is 0 Å². The van der Waals surface area contributed by atoms with Gasteiger partial charge in [0.25, 0.3) is 0 Å². The molecule has 0 atom stereocenters. The first-order valence-electron chi connectivity index (χ1n) is 8.67. The fourth-order valence-electron chi connectivity index (χ4n) is 3.28. The second-order valence-electron chi connectivity index (χ2n) is 6.24. The maximum atomic E-state index is 12.4. The van der Waals surface area contributed by atoms with Crippen molar-refractivity contribution < 1.29 is 14.3 Å². The first kappa shape index (κ1) is 17.6. The van der Waals surface area contributed by atoms with Crippen LogP contribution in [-0.4, -0.2) is 41.5 Å². The molecule has 5 heteroatoms. The van der Waals surface area contributed by atoms with Crippen molar-refractivity contribution in [1.82, 2.24) is 9.88 Å². The molecule has 1 aromatic heterocycles. The highest BCUT2D eigenvalue weighted by Crippen LogP contribution is 2.21. The summed E-state index contributed by atoms with van der Waals surface area (Å²) in [6.45, 7) is 7.79. The number of aromatic amines is 1. The maximum Gasteiger partial charge on any atom is 0.355 e. The summed E-state index contributed by atoms with van der Waals surface area (Å²) in [6, 6.07) is 0. The average Bonchev–Trinajstić information content (AvgIpc) is 2.73. The van der Waals surface area contributed by atoms with E-state index in [0.29, 0.717) is 25.1 Å². The minimum Gasteiger partial charge on any atom is -0.461 e. The zero-order valence-corrected chi connectivity index (χ0v) is 14.5. The Morgan fingerprint density at radius 1 is 1.13 bits per heavy atom. The molecule has 1 fully saturated rings. The summed E-state index contributed by atoms with van der Waals surface area (Å²) in [6.07, 6.45) is 5.85. The summed E-state index contributed by atoms with van der Waals surface area (Å²) in [7, 11) is 0. The molecule has 1 saturated heterocycles. The van der Waals surface area contributed by atoms with Crippen molar-refractivity contribution in [3.8, 4) is 0 Å². The molecular weight excluding hydrogens is 292 g/mol. The Morgan fingerprint density at radius 2 is 1.78 bits per heavy atom. The van der Waals surface area contributed by atoms with E-state index >= 15 is 0 Å². The molecule has 1 aliphatic rings. The predicted molar refractivity (Wildman–Crippen MR) is 89.6 cm³/mol. The van der Waals surface area contributed by atoms with Crippen LogP contribution in [0.25, 0.3) is 0 Å². The molecule has 0 spiro atoms. The number of esters is 1. The summed E-state index contributed by atoms with van der Waals surface area (Å²) in [4.78, 5) is 29.4. The number of H-pyrrole nitrogens is 1. The fourth-order valence-corrected chi connectivity index (χ4v) is 3.28. The second-order valence-corrected chi connectivity index (χ2v) is 6.24. The van der Waals surface area contributed by atoms with Crippen LogP contribution in [0.15, 0.2) is 0 Å². The van der Waals surface area contributed by atoms with Crippen molar-refractivity contribution in [2.24, 2.45) is 0 Å². The number of carbonyl (C=O) groups is 2. The molecule has 23 heavy (non-hydrogen) atoms. The Labute approximate surface area is 138 Å². The zero-order chi connectivity index (χ0) is 16.8. The van der Waals surface area contributed by atoms with Crippen LogP contribution in [0.1, 0.15) is 66.3 Å². The number of ether oxygens (including phenoxy) is 1. The molecule has 0 bridgehead atoms. The van der Waals surface area contributed by atoms with Crippen LogP contribution in [-0.2, 0) is 16.0 Å². The van der Waals surface area contributed by atoms with E-state index in [2.05, 4.69) is 4.98 Å². The quantitative estimate of drug-likeness (QED) is 0.848. The maximum absolute atomic E-state index is 12.4. The molecular formula is C18H28N2O3. The summed E-state index contributed by atoms with van der Waals surface area (Å²) in [5.41, 5.74) is 3.44. The SMILES string of the molecule is CCOC(=O)c1[nH]c(C)c(CCC(=O)N2CCCCCC2)c1C. The predicted octanol–water partition coefficient (Wildman–Crippen LogP) is 3.14. The van der Waals surface area contributed by atoms with Gasteiger partial charge >= 0.3 is 5.97 Å². The fraction of sp³-hybridized carbons (Fsp3) is 0.667. The third-order valence-corrected chi connectivity index (χ3v) is 4.62. The van der Waals surface area contributed by atoms with E-state index in [1.807, 2.05) is 18.7 Å². The molecule has 1 amide bonds. The van der Waals surface area contributed by atoms with Crippen LogP contribution in [0.2, 0.25) is 0 Å². The molecule has 2 rings (SSSR count). The van der Waals surface area contributed by atoms with E-state index in [1.165, 1.54) is 12.8 Å². The second kappa shape index (κ2) is 8.18. The van der Waals surface area contributed by atoms with Crippen molar-refractivity contribution in [3.05, 3.63) is 22.5 Å². The number of rotatable bonds is 5. The van der Waals surface area contributed by atoms with Crippen LogP contribution in [0, 0.1) is 13.8 Å². The van der Waals surface area contributed by atoms with E-state index in [9.17, 15) is 9.59 Å². The van der Waals surface area contributed by atoms with Gasteiger partial charge in [0.05, 0.1) is 6.61 Å². The Morgan fingerprint density at radius 3 is 2.39 bits per heavy atom. The van der Waals surface area contributed by atoms with Gasteiger partial charge < -0.3 is 14.6 Å². The highest BCUT2D eigenvalue weighted by molar-refractivity contribution is 5.90. The summed E-state index contributed by atoms with van der Waals surface area (Å²) in [5, 5.41) is 0. The first-order chi connectivity index (χ1) is 11.0. The summed E-state index contributed by atoms with van der Waals surface area (Å²) in [5.74, 6) is -0.0946. The Kier molecular flexibility index (Phi) is 6.25. The molecule has 0 aliphatic carbocycles. The lowest BCUT2D eigenvalue weighted by molar-refractivity contribution is -0.131. The average molecular weight is 320 g/mol. The van der Waals surface area contributed by atoms with Crippen LogP contribution < -0.4 is 0 Å². The van der Waals surface area contributed by atoms with Crippen LogP contribution in [0.4, 0.5) is 0 Å². The van der Waals surface area contributed by atoms with Gasteiger partial charge in [0.15, 0.2) is 0 Å². The van der Waals surface area contributed by atoms with Gasteiger partial charge in [-0.3, -0.25) is 4.79 Å². The van der Waals surface area contributed by atoms with Gasteiger partial charge in [-0.1, -0.05) is 12.8 Å². The van der Waals surface area contributed by atoms with Crippen LogP contribution >= 0.6 is 0 Å². The van der Waals surface area contributed by atoms with E-state index < -0.39 is 0 Å². The molecule has 128 valence electrons. The molecule has 5 nitrogen and oxygen atoms in total. The zero-order valence-electron chi connectivity index (χ0n) is 14.5. The Hall–Kier alpha value is -1.78. The Balaban J connectivity index is 2.00. The Bertz CT molecular complexity index is 555. The number of amides is 1. The molecule has 1 N–H and O–H groups in total. The number of aromatic nitrogens is 1. The lowest BCUT2D eigenvalue weighted by atomic mass is 10.0. The number of hydrogen-bond acceptors (Lipinski definition) is 3. The molecule has 0 aromatic carbocycles. The van der Waals surface area contributed by atoms with Crippen molar-refractivity contribution in [2.45, 2.75) is 59.3 Å². The third kappa shape index (κ3) is 4.36. The smallest absolute Gasteiger partial charge is 0.355 e. The molecule has 0 radical (unpaired) electrons. The van der Waals surface area contributed by atoms with E-state index in [-0.39, 0.29) is 11.9 Å². The minimum atomic E-state index is -0.321. The van der Waals surface area contributed by atoms with Gasteiger partial charge in [0.2, 0.25) is 5.91 Å². The number of nitrogens with one attached hydrogen (secondary N) is 1. The number of nitrogens with zero attached hydrogens (tertiary/aromatic N) is 1. The van der Waals surface area contributed by atoms with E-state index in [1.54, 1.807) is 6.92 Å². The first-order valence-corrected chi connectivity index (χ1v) is 8.67. The largest absolute Gasteiger partial charge is 0.461 e. The monoisotopic (exact) mass is 320 g/mol. The van der Waals surface area contributed by atoms with Gasteiger partial charge in [-0.05, 0) is 51.2 Å². The number of aryl methyl sites for hydroxylation is 1. The highest BCUT2D eigenvalue weighted by atomic mass is 16.5. The lowest BCUT2D eigenvalue weighted by Crippen LogP contribution is -2.32.